The van der Waals surface area contributed by atoms with Gasteiger partial charge in [-0.25, -0.2) is 14.4 Å². The third-order valence-electron chi connectivity index (χ3n) is 7.16. The number of benzene rings is 1. The SMILES string of the molecule is O=C(O)CCCCCCCN1CCN(c2cc(N[C@@H]3CCCN(c4cccc(F)c4)C3)ncn2)CC1. The van der Waals surface area contributed by atoms with Gasteiger partial charge >= 0.3 is 5.97 Å². The lowest BCUT2D eigenvalue weighted by molar-refractivity contribution is -0.137. The average molecular weight is 499 g/mol. The van der Waals surface area contributed by atoms with Gasteiger partial charge in [-0.2, -0.15) is 0 Å². The number of nitrogens with one attached hydrogen (secondary N) is 1. The van der Waals surface area contributed by atoms with Crippen LogP contribution in [0, 0.1) is 5.82 Å². The Morgan fingerprint density at radius 1 is 1.00 bits per heavy atom. The number of halogens is 1. The zero-order valence-corrected chi connectivity index (χ0v) is 21.1. The van der Waals surface area contributed by atoms with Crippen molar-refractivity contribution >= 4 is 23.3 Å². The molecule has 4 rings (SSSR count). The Morgan fingerprint density at radius 3 is 2.61 bits per heavy atom. The lowest BCUT2D eigenvalue weighted by Gasteiger charge is -2.36. The van der Waals surface area contributed by atoms with Crippen molar-refractivity contribution in [3.63, 3.8) is 0 Å². The van der Waals surface area contributed by atoms with Gasteiger partial charge in [0, 0.05) is 63.5 Å². The molecule has 2 aliphatic heterocycles. The summed E-state index contributed by atoms with van der Waals surface area (Å²) in [7, 11) is 0. The Kier molecular flexibility index (Phi) is 9.72. The van der Waals surface area contributed by atoms with Crippen molar-refractivity contribution in [3.8, 4) is 0 Å². The second kappa shape index (κ2) is 13.4. The molecule has 1 aromatic carbocycles. The van der Waals surface area contributed by atoms with Crippen LogP contribution in [0.15, 0.2) is 36.7 Å². The van der Waals surface area contributed by atoms with Crippen LogP contribution >= 0.6 is 0 Å². The van der Waals surface area contributed by atoms with E-state index in [1.54, 1.807) is 18.5 Å². The monoisotopic (exact) mass is 498 g/mol. The maximum Gasteiger partial charge on any atom is 0.303 e. The molecule has 0 aliphatic carbocycles. The van der Waals surface area contributed by atoms with Gasteiger partial charge in [0.2, 0.25) is 0 Å². The van der Waals surface area contributed by atoms with E-state index in [2.05, 4.69) is 30.0 Å². The molecule has 9 heteroatoms. The lowest BCUT2D eigenvalue weighted by Crippen LogP contribution is -2.47. The molecule has 0 spiro atoms. The first kappa shape index (κ1) is 26.1. The summed E-state index contributed by atoms with van der Waals surface area (Å²) in [6.07, 6.45) is 9.29. The Hall–Kier alpha value is -2.94. The maximum absolute atomic E-state index is 13.7. The predicted molar refractivity (Wildman–Crippen MR) is 141 cm³/mol. The molecule has 0 unspecified atom stereocenters. The minimum absolute atomic E-state index is 0.198. The number of hydrogen-bond donors (Lipinski definition) is 2. The molecule has 2 aromatic rings. The molecule has 3 heterocycles. The van der Waals surface area contributed by atoms with Gasteiger partial charge < -0.3 is 20.2 Å². The van der Waals surface area contributed by atoms with Gasteiger partial charge in [-0.3, -0.25) is 9.69 Å². The Balaban J connectivity index is 1.19. The van der Waals surface area contributed by atoms with E-state index in [9.17, 15) is 9.18 Å². The van der Waals surface area contributed by atoms with Crippen LogP contribution < -0.4 is 15.1 Å². The van der Waals surface area contributed by atoms with E-state index in [1.165, 1.54) is 18.9 Å². The van der Waals surface area contributed by atoms with E-state index in [4.69, 9.17) is 5.11 Å². The Labute approximate surface area is 213 Å². The number of piperidine rings is 1. The average Bonchev–Trinajstić information content (AvgIpc) is 2.89. The van der Waals surface area contributed by atoms with Crippen LogP contribution in [0.2, 0.25) is 0 Å². The molecule has 1 aromatic heterocycles. The second-order valence-electron chi connectivity index (χ2n) is 9.91. The molecule has 8 nitrogen and oxygen atoms in total. The third-order valence-corrected chi connectivity index (χ3v) is 7.16. The highest BCUT2D eigenvalue weighted by Gasteiger charge is 2.22. The molecule has 196 valence electrons. The molecular formula is C27H39FN6O2. The van der Waals surface area contributed by atoms with Crippen molar-refractivity contribution in [2.75, 3.05) is 60.9 Å². The molecule has 2 aliphatic rings. The van der Waals surface area contributed by atoms with Crippen molar-refractivity contribution in [3.05, 3.63) is 42.5 Å². The minimum atomic E-state index is -0.694. The van der Waals surface area contributed by atoms with Crippen LogP contribution in [0.4, 0.5) is 21.7 Å². The predicted octanol–water partition coefficient (Wildman–Crippen LogP) is 4.24. The summed E-state index contributed by atoms with van der Waals surface area (Å²) in [6.45, 7) is 6.81. The van der Waals surface area contributed by atoms with Gasteiger partial charge in [0.25, 0.3) is 0 Å². The largest absolute Gasteiger partial charge is 0.481 e. The van der Waals surface area contributed by atoms with Crippen molar-refractivity contribution in [2.24, 2.45) is 0 Å². The number of nitrogens with zero attached hydrogens (tertiary/aromatic N) is 5. The molecule has 0 saturated carbocycles. The van der Waals surface area contributed by atoms with E-state index in [-0.39, 0.29) is 18.3 Å². The summed E-state index contributed by atoms with van der Waals surface area (Å²) < 4.78 is 13.7. The van der Waals surface area contributed by atoms with Crippen LogP contribution in [0.25, 0.3) is 0 Å². The van der Waals surface area contributed by atoms with Crippen molar-refractivity contribution in [2.45, 2.75) is 57.4 Å². The van der Waals surface area contributed by atoms with Gasteiger partial charge in [0.05, 0.1) is 0 Å². The number of aliphatic carboxylic acids is 1. The van der Waals surface area contributed by atoms with Crippen molar-refractivity contribution in [1.29, 1.82) is 0 Å². The van der Waals surface area contributed by atoms with Crippen LogP contribution in [-0.4, -0.2) is 77.8 Å². The van der Waals surface area contributed by atoms with E-state index in [1.807, 2.05) is 12.1 Å². The number of carboxylic acid groups (broad SMARTS) is 1. The smallest absolute Gasteiger partial charge is 0.303 e. The first-order valence-electron chi connectivity index (χ1n) is 13.3. The number of rotatable bonds is 12. The molecular weight excluding hydrogens is 459 g/mol. The number of unbranched alkanes of at least 4 members (excludes halogenated alkanes) is 4. The number of carboxylic acids is 1. The normalized spacial score (nSPS) is 18.9. The van der Waals surface area contributed by atoms with Gasteiger partial charge in [-0.15, -0.1) is 0 Å². The van der Waals surface area contributed by atoms with Crippen molar-refractivity contribution in [1.82, 2.24) is 14.9 Å². The van der Waals surface area contributed by atoms with Gasteiger partial charge in [0.1, 0.15) is 23.8 Å². The summed E-state index contributed by atoms with van der Waals surface area (Å²) in [5.41, 5.74) is 0.931. The fraction of sp³-hybridized carbons (Fsp3) is 0.593. The highest BCUT2D eigenvalue weighted by atomic mass is 19.1. The van der Waals surface area contributed by atoms with E-state index in [0.717, 1.165) is 95.2 Å². The summed E-state index contributed by atoms with van der Waals surface area (Å²) in [5.74, 6) is 0.914. The third kappa shape index (κ3) is 8.05. The first-order valence-corrected chi connectivity index (χ1v) is 13.3. The fourth-order valence-electron chi connectivity index (χ4n) is 5.15. The number of aromatic nitrogens is 2. The number of carbonyl (C=O) groups is 1. The van der Waals surface area contributed by atoms with Gasteiger partial charge in [-0.05, 0) is 50.4 Å². The molecule has 2 fully saturated rings. The van der Waals surface area contributed by atoms with Crippen LogP contribution in [0.5, 0.6) is 0 Å². The Morgan fingerprint density at radius 2 is 1.81 bits per heavy atom. The quantitative estimate of drug-likeness (QED) is 0.421. The zero-order chi connectivity index (χ0) is 25.2. The first-order chi connectivity index (χ1) is 17.6. The van der Waals surface area contributed by atoms with Crippen LogP contribution in [0.1, 0.15) is 51.4 Å². The second-order valence-corrected chi connectivity index (χ2v) is 9.91. The molecule has 0 amide bonds. The molecule has 36 heavy (non-hydrogen) atoms. The number of anilines is 3. The highest BCUT2D eigenvalue weighted by molar-refractivity contribution is 5.66. The van der Waals surface area contributed by atoms with E-state index < -0.39 is 5.97 Å². The van der Waals surface area contributed by atoms with Crippen molar-refractivity contribution < 1.29 is 14.3 Å². The fourth-order valence-corrected chi connectivity index (χ4v) is 5.15. The summed E-state index contributed by atoms with van der Waals surface area (Å²) in [6, 6.07) is 9.13. The van der Waals surface area contributed by atoms with Crippen LogP contribution in [0.3, 0.4) is 0 Å². The zero-order valence-electron chi connectivity index (χ0n) is 21.1. The molecule has 0 radical (unpaired) electrons. The lowest BCUT2D eigenvalue weighted by atomic mass is 10.0. The maximum atomic E-state index is 13.7. The topological polar surface area (TPSA) is 84.8 Å². The van der Waals surface area contributed by atoms with Crippen LogP contribution in [-0.2, 0) is 4.79 Å². The summed E-state index contributed by atoms with van der Waals surface area (Å²) >= 11 is 0. The van der Waals surface area contributed by atoms with Gasteiger partial charge in [0.15, 0.2) is 0 Å². The Bertz CT molecular complexity index is 969. The minimum Gasteiger partial charge on any atom is -0.481 e. The van der Waals surface area contributed by atoms with Gasteiger partial charge in [-0.1, -0.05) is 25.3 Å². The van der Waals surface area contributed by atoms with E-state index in [0.29, 0.717) is 0 Å². The molecule has 1 atom stereocenters. The van der Waals surface area contributed by atoms with E-state index >= 15 is 0 Å². The number of hydrogen-bond acceptors (Lipinski definition) is 7. The molecule has 0 bridgehead atoms. The summed E-state index contributed by atoms with van der Waals surface area (Å²) in [5, 5.41) is 12.3. The number of piperazine rings is 1. The highest BCUT2D eigenvalue weighted by Crippen LogP contribution is 2.23. The summed E-state index contributed by atoms with van der Waals surface area (Å²) in [4.78, 5) is 26.6. The molecule has 2 N–H and O–H groups in total. The molecule has 2 saturated heterocycles. The standard InChI is InChI=1S/C27H39FN6O2/c28-22-8-6-10-24(18-22)34-13-7-9-23(20-34)31-25-19-26(30-21-29-25)33-16-14-32(15-17-33)12-5-3-1-2-4-11-27(35)36/h6,8,10,18-19,21,23H,1-5,7,9,11-17,20H2,(H,35,36)(H,29,30,31)/t23-/m1/s1.